The van der Waals surface area contributed by atoms with Gasteiger partial charge in [-0.2, -0.15) is 4.98 Å². The van der Waals surface area contributed by atoms with E-state index in [1.807, 2.05) is 57.9 Å². The lowest BCUT2D eigenvalue weighted by molar-refractivity contribution is 0.0664. The van der Waals surface area contributed by atoms with E-state index in [4.69, 9.17) is 9.84 Å². The minimum Gasteiger partial charge on any atom is -0.493 e. The fourth-order valence-corrected chi connectivity index (χ4v) is 4.38. The molecule has 2 aromatic heterocycles. The molecule has 0 spiro atoms. The van der Waals surface area contributed by atoms with Crippen molar-refractivity contribution in [3.05, 3.63) is 71.8 Å². The Morgan fingerprint density at radius 1 is 1.03 bits per heavy atom. The summed E-state index contributed by atoms with van der Waals surface area (Å²) >= 11 is 0. The van der Waals surface area contributed by atoms with Gasteiger partial charge >= 0.3 is 0 Å². The minimum atomic E-state index is 0.0755. The fraction of sp³-hybridized carbons (Fsp3) is 0.321. The summed E-state index contributed by atoms with van der Waals surface area (Å²) < 4.78 is 7.67. The molecule has 0 aliphatic carbocycles. The maximum absolute atomic E-state index is 12.8. The smallest absolute Gasteiger partial charge is 0.253 e. The first-order valence-corrected chi connectivity index (χ1v) is 12.5. The van der Waals surface area contributed by atoms with Gasteiger partial charge in [0.25, 0.3) is 5.91 Å². The van der Waals surface area contributed by atoms with Crippen LogP contribution in [0.4, 0.5) is 11.6 Å². The second kappa shape index (κ2) is 10.4. The number of carbonyl (C=O) groups is 1. The molecule has 0 unspecified atom stereocenters. The summed E-state index contributed by atoms with van der Waals surface area (Å²) in [5.41, 5.74) is 5.35. The van der Waals surface area contributed by atoms with Gasteiger partial charge in [0.1, 0.15) is 5.75 Å². The molecule has 8 heteroatoms. The van der Waals surface area contributed by atoms with E-state index in [2.05, 4.69) is 48.2 Å². The molecular weight excluding hydrogens is 452 g/mol. The molecule has 1 N–H and O–H groups in total. The second-order valence-corrected chi connectivity index (χ2v) is 9.24. The predicted octanol–water partition coefficient (Wildman–Crippen LogP) is 4.62. The summed E-state index contributed by atoms with van der Waals surface area (Å²) in [5.74, 6) is 1.48. The van der Waals surface area contributed by atoms with E-state index in [1.54, 1.807) is 0 Å². The number of fused-ring (bicyclic) bond motifs is 1. The Morgan fingerprint density at radius 2 is 1.81 bits per heavy atom. The van der Waals surface area contributed by atoms with Crippen LogP contribution < -0.4 is 10.1 Å². The van der Waals surface area contributed by atoms with Crippen molar-refractivity contribution < 1.29 is 9.53 Å². The molecule has 0 atom stereocenters. The standard InChI is InChI=1S/C28H32N6O2/c1-4-18-36-25-13-10-22(19-20(25)2)24-6-5-7-26-30-28(31-34(24)26)29-23-11-8-21(9-12-23)27(35)33-16-14-32(3)15-17-33/h5-13,19H,4,14-18H2,1-3H3,(H,29,31). The van der Waals surface area contributed by atoms with Gasteiger partial charge in [0, 0.05) is 43.0 Å². The average molecular weight is 485 g/mol. The SMILES string of the molecule is CCCOc1ccc(-c2cccc3nc(Nc4ccc(C(=O)N5CCN(C)CC5)cc4)nn23)cc1C. The number of likely N-dealkylation sites (N-methyl/N-ethyl adjacent to an activating group) is 1. The van der Waals surface area contributed by atoms with Crippen LogP contribution in [0.3, 0.4) is 0 Å². The number of rotatable bonds is 7. The normalized spacial score (nSPS) is 14.2. The maximum Gasteiger partial charge on any atom is 0.253 e. The molecule has 186 valence electrons. The zero-order valence-corrected chi connectivity index (χ0v) is 21.1. The van der Waals surface area contributed by atoms with Crippen molar-refractivity contribution in [1.29, 1.82) is 0 Å². The van der Waals surface area contributed by atoms with Crippen LogP contribution >= 0.6 is 0 Å². The Hall–Kier alpha value is -3.91. The number of aryl methyl sites for hydroxylation is 1. The van der Waals surface area contributed by atoms with Gasteiger partial charge in [0.15, 0.2) is 5.65 Å². The third kappa shape index (κ3) is 5.04. The highest BCUT2D eigenvalue weighted by atomic mass is 16.5. The lowest BCUT2D eigenvalue weighted by Gasteiger charge is -2.32. The molecular formula is C28H32N6O2. The summed E-state index contributed by atoms with van der Waals surface area (Å²) in [6.07, 6.45) is 0.977. The van der Waals surface area contributed by atoms with E-state index >= 15 is 0 Å². The largest absolute Gasteiger partial charge is 0.493 e. The van der Waals surface area contributed by atoms with Gasteiger partial charge in [0.2, 0.25) is 5.95 Å². The molecule has 1 aliphatic heterocycles. The third-order valence-corrected chi connectivity index (χ3v) is 6.47. The van der Waals surface area contributed by atoms with Crippen LogP contribution in [0.15, 0.2) is 60.7 Å². The van der Waals surface area contributed by atoms with E-state index < -0.39 is 0 Å². The quantitative estimate of drug-likeness (QED) is 0.412. The van der Waals surface area contributed by atoms with Crippen molar-refractivity contribution in [1.82, 2.24) is 24.4 Å². The summed E-state index contributed by atoms with van der Waals surface area (Å²) in [6.45, 7) is 8.20. The fourth-order valence-electron chi connectivity index (χ4n) is 4.38. The van der Waals surface area contributed by atoms with Gasteiger partial charge in [-0.25, -0.2) is 4.52 Å². The molecule has 5 rings (SSSR count). The monoisotopic (exact) mass is 484 g/mol. The lowest BCUT2D eigenvalue weighted by atomic mass is 10.1. The van der Waals surface area contributed by atoms with Crippen LogP contribution in [0.25, 0.3) is 16.9 Å². The Bertz CT molecular complexity index is 1360. The van der Waals surface area contributed by atoms with E-state index in [0.717, 1.165) is 66.5 Å². The first-order valence-electron chi connectivity index (χ1n) is 12.5. The third-order valence-electron chi connectivity index (χ3n) is 6.47. The van der Waals surface area contributed by atoms with E-state index in [9.17, 15) is 4.79 Å². The first kappa shape index (κ1) is 23.8. The zero-order chi connectivity index (χ0) is 25.1. The van der Waals surface area contributed by atoms with Crippen molar-refractivity contribution in [3.8, 4) is 17.0 Å². The van der Waals surface area contributed by atoms with Crippen molar-refractivity contribution in [2.45, 2.75) is 20.3 Å². The molecule has 0 bridgehead atoms. The summed E-state index contributed by atoms with van der Waals surface area (Å²) in [6, 6.07) is 19.6. The number of amides is 1. The molecule has 2 aromatic carbocycles. The van der Waals surface area contributed by atoms with Gasteiger partial charge < -0.3 is 19.9 Å². The summed E-state index contributed by atoms with van der Waals surface area (Å²) in [4.78, 5) is 21.6. The van der Waals surface area contributed by atoms with E-state index in [0.29, 0.717) is 18.1 Å². The Kier molecular flexibility index (Phi) is 6.86. The molecule has 0 saturated carbocycles. The number of carbonyl (C=O) groups excluding carboxylic acids is 1. The highest BCUT2D eigenvalue weighted by Crippen LogP contribution is 2.27. The highest BCUT2D eigenvalue weighted by Gasteiger charge is 2.20. The van der Waals surface area contributed by atoms with Gasteiger partial charge in [-0.15, -0.1) is 5.10 Å². The number of ether oxygens (including phenoxy) is 1. The summed E-state index contributed by atoms with van der Waals surface area (Å²) in [5, 5.41) is 7.98. The first-order chi connectivity index (χ1) is 17.5. The summed E-state index contributed by atoms with van der Waals surface area (Å²) in [7, 11) is 2.08. The van der Waals surface area contributed by atoms with Crippen molar-refractivity contribution in [3.63, 3.8) is 0 Å². The Morgan fingerprint density at radius 3 is 2.53 bits per heavy atom. The number of hydrogen-bond donors (Lipinski definition) is 1. The molecule has 8 nitrogen and oxygen atoms in total. The molecule has 1 saturated heterocycles. The van der Waals surface area contributed by atoms with Crippen LogP contribution in [0.2, 0.25) is 0 Å². The van der Waals surface area contributed by atoms with Crippen molar-refractivity contribution >= 4 is 23.2 Å². The number of benzene rings is 2. The van der Waals surface area contributed by atoms with Crippen LogP contribution in [0.5, 0.6) is 5.75 Å². The molecule has 1 amide bonds. The number of nitrogens with one attached hydrogen (secondary N) is 1. The average Bonchev–Trinajstić information content (AvgIpc) is 3.31. The van der Waals surface area contributed by atoms with Crippen molar-refractivity contribution in [2.75, 3.05) is 45.2 Å². The van der Waals surface area contributed by atoms with Crippen molar-refractivity contribution in [2.24, 2.45) is 0 Å². The maximum atomic E-state index is 12.8. The van der Waals surface area contributed by atoms with Crippen LogP contribution in [0.1, 0.15) is 29.3 Å². The minimum absolute atomic E-state index is 0.0755. The molecule has 1 aliphatic rings. The number of aromatic nitrogens is 3. The van der Waals surface area contributed by atoms with Crippen LogP contribution in [-0.4, -0.2) is 70.1 Å². The molecule has 3 heterocycles. The number of nitrogens with zero attached hydrogens (tertiary/aromatic N) is 5. The van der Waals surface area contributed by atoms with Gasteiger partial charge in [-0.05, 0) is 80.6 Å². The highest BCUT2D eigenvalue weighted by molar-refractivity contribution is 5.94. The zero-order valence-electron chi connectivity index (χ0n) is 21.1. The Labute approximate surface area is 211 Å². The van der Waals surface area contributed by atoms with Gasteiger partial charge in [0.05, 0.1) is 12.3 Å². The molecule has 0 radical (unpaired) electrons. The van der Waals surface area contributed by atoms with Crippen LogP contribution in [-0.2, 0) is 0 Å². The van der Waals surface area contributed by atoms with E-state index in [-0.39, 0.29) is 5.91 Å². The van der Waals surface area contributed by atoms with E-state index in [1.165, 1.54) is 0 Å². The number of hydrogen-bond acceptors (Lipinski definition) is 6. The number of anilines is 2. The Balaban J connectivity index is 1.33. The second-order valence-electron chi connectivity index (χ2n) is 9.24. The van der Waals surface area contributed by atoms with Gasteiger partial charge in [-0.3, -0.25) is 4.79 Å². The number of pyridine rings is 1. The predicted molar refractivity (Wildman–Crippen MR) is 142 cm³/mol. The van der Waals surface area contributed by atoms with Crippen LogP contribution in [0, 0.1) is 6.92 Å². The molecule has 36 heavy (non-hydrogen) atoms. The van der Waals surface area contributed by atoms with Gasteiger partial charge in [-0.1, -0.05) is 13.0 Å². The molecule has 1 fully saturated rings. The molecule has 4 aromatic rings. The topological polar surface area (TPSA) is 75.0 Å². The number of piperazine rings is 1. The lowest BCUT2D eigenvalue weighted by Crippen LogP contribution is -2.47.